The Balaban J connectivity index is -0.000000224. The van der Waals surface area contributed by atoms with Gasteiger partial charge in [-0.1, -0.05) is 58.8 Å². The minimum Gasteiger partial charge on any atom is -0.462 e. The highest BCUT2D eigenvalue weighted by atomic mass is 35.5. The van der Waals surface area contributed by atoms with Gasteiger partial charge in [0.1, 0.15) is 5.60 Å². The van der Waals surface area contributed by atoms with E-state index in [4.69, 9.17) is 0 Å². The molecule has 0 rings (SSSR count). The minimum atomic E-state index is -0.318. The molecule has 0 aromatic rings. The first-order chi connectivity index (χ1) is 7.47. The lowest BCUT2D eigenvalue weighted by Gasteiger charge is -2.14. The third kappa shape index (κ3) is 31.3. The molecule has 0 unspecified atom stereocenters. The van der Waals surface area contributed by atoms with E-state index < -0.39 is 0 Å². The molecule has 0 N–H and O–H groups in total. The molecule has 0 spiro atoms. The van der Waals surface area contributed by atoms with Crippen LogP contribution in [0.4, 0.5) is 0 Å². The minimum absolute atomic E-state index is 0. The first-order valence-corrected chi connectivity index (χ1v) is 6.59. The lowest BCUT2D eigenvalue weighted by atomic mass is 10.1. The van der Waals surface area contributed by atoms with Crippen LogP contribution in [0.1, 0.15) is 79.6 Å². The molecule has 0 saturated carbocycles. The second-order valence-electron chi connectivity index (χ2n) is 5.09. The summed E-state index contributed by atoms with van der Waals surface area (Å²) >= 11 is 0. The summed E-state index contributed by atoms with van der Waals surface area (Å²) in [6.07, 6.45) is 9.97. The van der Waals surface area contributed by atoms with E-state index in [1.165, 1.54) is 44.9 Å². The molecule has 0 bridgehead atoms. The Bertz CT molecular complexity index is 136. The Kier molecular flexibility index (Phi) is 20.4. The predicted molar refractivity (Wildman–Crippen MR) is 77.8 cm³/mol. The smallest absolute Gasteiger partial charge is 0.293 e. The van der Waals surface area contributed by atoms with Gasteiger partial charge >= 0.3 is 0 Å². The number of rotatable bonds is 7. The number of halogens is 1. The van der Waals surface area contributed by atoms with Gasteiger partial charge in [0.05, 0.1) is 0 Å². The molecule has 0 fully saturated rings. The van der Waals surface area contributed by atoms with E-state index in [9.17, 15) is 4.79 Å². The summed E-state index contributed by atoms with van der Waals surface area (Å²) in [5.74, 6) is 0. The highest BCUT2D eigenvalue weighted by Crippen LogP contribution is 2.05. The SMILES string of the molecule is CC(C)(C)OC=O.CCCCCCCCC.Cl. The van der Waals surface area contributed by atoms with Gasteiger partial charge in [0, 0.05) is 0 Å². The summed E-state index contributed by atoms with van der Waals surface area (Å²) in [6.45, 7) is 10.4. The average Bonchev–Trinajstić information content (AvgIpc) is 2.17. The second-order valence-corrected chi connectivity index (χ2v) is 5.09. The van der Waals surface area contributed by atoms with E-state index >= 15 is 0 Å². The molecule has 0 radical (unpaired) electrons. The molecule has 106 valence electrons. The molecule has 0 aliphatic carbocycles. The predicted octanol–water partition coefficient (Wildman–Crippen LogP) is 5.14. The Hall–Kier alpha value is -0.240. The maximum Gasteiger partial charge on any atom is 0.293 e. The van der Waals surface area contributed by atoms with Crippen molar-refractivity contribution in [1.82, 2.24) is 0 Å². The van der Waals surface area contributed by atoms with Gasteiger partial charge in [0.2, 0.25) is 0 Å². The van der Waals surface area contributed by atoms with Crippen molar-refractivity contribution in [3.05, 3.63) is 0 Å². The summed E-state index contributed by atoms with van der Waals surface area (Å²) in [6, 6.07) is 0. The summed E-state index contributed by atoms with van der Waals surface area (Å²) in [7, 11) is 0. The molecule has 0 aromatic carbocycles. The molecular weight excluding hydrogens is 236 g/mol. The van der Waals surface area contributed by atoms with Crippen LogP contribution in [0.5, 0.6) is 0 Å². The number of carbonyl (C=O) groups excluding carboxylic acids is 1. The number of carbonyl (C=O) groups is 1. The fraction of sp³-hybridized carbons (Fsp3) is 0.929. The van der Waals surface area contributed by atoms with Gasteiger partial charge < -0.3 is 4.74 Å². The fourth-order valence-electron chi connectivity index (χ4n) is 1.17. The average molecular weight is 267 g/mol. The maximum absolute atomic E-state index is 9.60. The zero-order valence-corrected chi connectivity index (χ0v) is 13.1. The van der Waals surface area contributed by atoms with Crippen molar-refractivity contribution in [1.29, 1.82) is 0 Å². The van der Waals surface area contributed by atoms with Crippen LogP contribution in [0.2, 0.25) is 0 Å². The maximum atomic E-state index is 9.60. The first kappa shape index (κ1) is 22.0. The number of hydrogen-bond donors (Lipinski definition) is 0. The lowest BCUT2D eigenvalue weighted by molar-refractivity contribution is -0.138. The summed E-state index contributed by atoms with van der Waals surface area (Å²) in [5.41, 5.74) is -0.318. The highest BCUT2D eigenvalue weighted by Gasteiger charge is 2.07. The molecular formula is C14H31ClO2. The Morgan fingerprint density at radius 3 is 1.41 bits per heavy atom. The van der Waals surface area contributed by atoms with Crippen molar-refractivity contribution in [3.8, 4) is 0 Å². The van der Waals surface area contributed by atoms with E-state index in [1.807, 2.05) is 20.8 Å². The largest absolute Gasteiger partial charge is 0.462 e. The normalized spacial score (nSPS) is 9.71. The summed E-state index contributed by atoms with van der Waals surface area (Å²) < 4.78 is 4.55. The third-order valence-corrected chi connectivity index (χ3v) is 2.11. The topological polar surface area (TPSA) is 26.3 Å². The Morgan fingerprint density at radius 2 is 1.24 bits per heavy atom. The monoisotopic (exact) mass is 266 g/mol. The van der Waals surface area contributed by atoms with Gasteiger partial charge in [0.15, 0.2) is 0 Å². The molecule has 3 heteroatoms. The summed E-state index contributed by atoms with van der Waals surface area (Å²) in [4.78, 5) is 9.60. The first-order valence-electron chi connectivity index (χ1n) is 6.59. The van der Waals surface area contributed by atoms with E-state index in [0.717, 1.165) is 0 Å². The zero-order chi connectivity index (χ0) is 12.9. The van der Waals surface area contributed by atoms with Crippen molar-refractivity contribution in [2.24, 2.45) is 0 Å². The van der Waals surface area contributed by atoms with E-state index in [2.05, 4.69) is 18.6 Å². The standard InChI is InChI=1S/C9H20.C5H10O2.ClH/c1-3-5-7-9-8-6-4-2;1-5(2,3)7-4-6;/h3-9H2,1-2H3;4H,1-3H3;1H. The third-order valence-electron chi connectivity index (χ3n) is 2.11. The second kappa shape index (κ2) is 15.8. The highest BCUT2D eigenvalue weighted by molar-refractivity contribution is 5.85. The van der Waals surface area contributed by atoms with E-state index in [-0.39, 0.29) is 18.0 Å². The molecule has 0 saturated heterocycles. The fourth-order valence-corrected chi connectivity index (χ4v) is 1.17. The van der Waals surface area contributed by atoms with Gasteiger partial charge in [-0.05, 0) is 20.8 Å². The van der Waals surface area contributed by atoms with Crippen molar-refractivity contribution in [2.75, 3.05) is 0 Å². The van der Waals surface area contributed by atoms with E-state index in [0.29, 0.717) is 6.47 Å². The molecule has 0 heterocycles. The van der Waals surface area contributed by atoms with Gasteiger partial charge in [0.25, 0.3) is 6.47 Å². The molecule has 0 atom stereocenters. The molecule has 0 aliphatic rings. The molecule has 0 amide bonds. The number of unbranched alkanes of at least 4 members (excludes halogenated alkanes) is 6. The lowest BCUT2D eigenvalue weighted by Crippen LogP contribution is -2.17. The number of ether oxygens (including phenoxy) is 1. The van der Waals surface area contributed by atoms with Gasteiger partial charge in [-0.25, -0.2) is 0 Å². The zero-order valence-electron chi connectivity index (χ0n) is 12.3. The van der Waals surface area contributed by atoms with Crippen molar-refractivity contribution in [3.63, 3.8) is 0 Å². The van der Waals surface area contributed by atoms with Crippen LogP contribution >= 0.6 is 12.4 Å². The number of hydrogen-bond acceptors (Lipinski definition) is 2. The van der Waals surface area contributed by atoms with Gasteiger partial charge in [-0.2, -0.15) is 0 Å². The van der Waals surface area contributed by atoms with Crippen LogP contribution in [0.15, 0.2) is 0 Å². The molecule has 0 aromatic heterocycles. The van der Waals surface area contributed by atoms with Crippen LogP contribution < -0.4 is 0 Å². The van der Waals surface area contributed by atoms with Gasteiger partial charge in [-0.15, -0.1) is 12.4 Å². The molecule has 2 nitrogen and oxygen atoms in total. The van der Waals surface area contributed by atoms with Crippen LogP contribution in [-0.4, -0.2) is 12.1 Å². The molecule has 17 heavy (non-hydrogen) atoms. The van der Waals surface area contributed by atoms with Crippen LogP contribution in [0.25, 0.3) is 0 Å². The molecule has 0 aliphatic heterocycles. The Labute approximate surface area is 114 Å². The van der Waals surface area contributed by atoms with Crippen molar-refractivity contribution >= 4 is 18.9 Å². The van der Waals surface area contributed by atoms with Crippen LogP contribution in [0.3, 0.4) is 0 Å². The van der Waals surface area contributed by atoms with Crippen molar-refractivity contribution in [2.45, 2.75) is 85.2 Å². The Morgan fingerprint density at radius 1 is 0.882 bits per heavy atom. The van der Waals surface area contributed by atoms with Gasteiger partial charge in [-0.3, -0.25) is 4.79 Å². The van der Waals surface area contributed by atoms with Crippen LogP contribution in [-0.2, 0) is 9.53 Å². The quantitative estimate of drug-likeness (QED) is 0.471. The van der Waals surface area contributed by atoms with Crippen molar-refractivity contribution < 1.29 is 9.53 Å². The van der Waals surface area contributed by atoms with Crippen LogP contribution in [0, 0.1) is 0 Å². The van der Waals surface area contributed by atoms with E-state index in [1.54, 1.807) is 0 Å². The summed E-state index contributed by atoms with van der Waals surface area (Å²) in [5, 5.41) is 0.